The maximum absolute atomic E-state index is 5.87. The van der Waals surface area contributed by atoms with Gasteiger partial charge < -0.3 is 5.32 Å². The van der Waals surface area contributed by atoms with Crippen LogP contribution in [0.15, 0.2) is 24.3 Å². The summed E-state index contributed by atoms with van der Waals surface area (Å²) in [6.45, 7) is 8.40. The molecule has 1 aromatic carbocycles. The van der Waals surface area contributed by atoms with Crippen LogP contribution >= 0.6 is 11.6 Å². The zero-order chi connectivity index (χ0) is 12.0. The summed E-state index contributed by atoms with van der Waals surface area (Å²) in [6.07, 6.45) is 1.10. The summed E-state index contributed by atoms with van der Waals surface area (Å²) in [5, 5.41) is 3.45. The van der Waals surface area contributed by atoms with Gasteiger partial charge in [-0.15, -0.1) is 11.6 Å². The Morgan fingerprint density at radius 1 is 1.12 bits per heavy atom. The Balaban J connectivity index is 2.37. The van der Waals surface area contributed by atoms with E-state index in [2.05, 4.69) is 50.4 Å². The van der Waals surface area contributed by atoms with Crippen molar-refractivity contribution in [3.63, 3.8) is 0 Å². The summed E-state index contributed by atoms with van der Waals surface area (Å²) in [5.41, 5.74) is 2.90. The molecule has 0 amide bonds. The van der Waals surface area contributed by atoms with Crippen LogP contribution < -0.4 is 5.32 Å². The second-order valence-corrected chi connectivity index (χ2v) is 5.34. The minimum Gasteiger partial charge on any atom is -0.312 e. The topological polar surface area (TPSA) is 12.0 Å². The lowest BCUT2D eigenvalue weighted by molar-refractivity contribution is 0.385. The maximum atomic E-state index is 5.87. The summed E-state index contributed by atoms with van der Waals surface area (Å²) < 4.78 is 0. The van der Waals surface area contributed by atoms with Gasteiger partial charge in [0.1, 0.15) is 0 Å². The van der Waals surface area contributed by atoms with Crippen LogP contribution in [0.2, 0.25) is 0 Å². The Hall–Kier alpha value is -0.530. The molecule has 1 N–H and O–H groups in total. The molecule has 0 unspecified atom stereocenters. The van der Waals surface area contributed by atoms with Crippen molar-refractivity contribution >= 4 is 11.6 Å². The summed E-state index contributed by atoms with van der Waals surface area (Å²) in [5.74, 6) is 0.689. The third-order valence-electron chi connectivity index (χ3n) is 2.73. The molecule has 0 saturated carbocycles. The number of aryl methyl sites for hydroxylation is 1. The Bertz CT molecular complexity index is 303. The first kappa shape index (κ1) is 13.5. The first-order valence-electron chi connectivity index (χ1n) is 5.92. The van der Waals surface area contributed by atoms with Crippen LogP contribution in [0, 0.1) is 5.41 Å². The predicted octanol–water partition coefficient (Wildman–Crippen LogP) is 3.60. The van der Waals surface area contributed by atoms with Gasteiger partial charge in [-0.25, -0.2) is 0 Å². The minimum atomic E-state index is 0.172. The van der Waals surface area contributed by atoms with Crippen molar-refractivity contribution in [2.24, 2.45) is 5.41 Å². The molecule has 0 aliphatic heterocycles. The maximum Gasteiger partial charge on any atom is 0.0286 e. The van der Waals surface area contributed by atoms with Crippen LogP contribution in [0.1, 0.15) is 31.9 Å². The number of nitrogens with one attached hydrogen (secondary N) is 1. The number of halogens is 1. The average molecular weight is 240 g/mol. The van der Waals surface area contributed by atoms with Gasteiger partial charge in [-0.05, 0) is 23.0 Å². The second kappa shape index (κ2) is 6.27. The summed E-state index contributed by atoms with van der Waals surface area (Å²) >= 11 is 5.87. The van der Waals surface area contributed by atoms with Crippen molar-refractivity contribution in [2.45, 2.75) is 33.7 Å². The fraction of sp³-hybridized carbons (Fsp3) is 0.571. The van der Waals surface area contributed by atoms with Crippen LogP contribution in [0.3, 0.4) is 0 Å². The monoisotopic (exact) mass is 239 g/mol. The summed E-state index contributed by atoms with van der Waals surface area (Å²) in [7, 11) is 0. The van der Waals surface area contributed by atoms with Crippen LogP contribution in [0.4, 0.5) is 0 Å². The number of hydrogen-bond acceptors (Lipinski definition) is 1. The van der Waals surface area contributed by atoms with Gasteiger partial charge in [0.05, 0.1) is 0 Å². The molecule has 0 fully saturated rings. The van der Waals surface area contributed by atoms with E-state index in [9.17, 15) is 0 Å². The minimum absolute atomic E-state index is 0.172. The molecule has 0 saturated heterocycles. The van der Waals surface area contributed by atoms with Gasteiger partial charge in [0, 0.05) is 19.0 Å². The number of rotatable bonds is 6. The molecule has 0 spiro atoms. The standard InChI is InChI=1S/C14H22ClN/c1-4-12-5-7-13(8-6-12)9-16-11-14(2,3)10-15/h5-8,16H,4,9-11H2,1-3H3. The smallest absolute Gasteiger partial charge is 0.0286 e. The van der Waals surface area contributed by atoms with Gasteiger partial charge in [-0.3, -0.25) is 0 Å². The molecular formula is C14H22ClN. The molecule has 90 valence electrons. The van der Waals surface area contributed by atoms with E-state index in [0.717, 1.165) is 19.5 Å². The molecular weight excluding hydrogens is 218 g/mol. The lowest BCUT2D eigenvalue weighted by atomic mass is 9.96. The highest BCUT2D eigenvalue weighted by atomic mass is 35.5. The summed E-state index contributed by atoms with van der Waals surface area (Å²) in [4.78, 5) is 0. The number of hydrogen-bond donors (Lipinski definition) is 1. The third kappa shape index (κ3) is 4.54. The molecule has 2 heteroatoms. The van der Waals surface area contributed by atoms with E-state index in [-0.39, 0.29) is 5.41 Å². The predicted molar refractivity (Wildman–Crippen MR) is 72.0 cm³/mol. The van der Waals surface area contributed by atoms with Crippen LogP contribution in [-0.4, -0.2) is 12.4 Å². The Labute approximate surface area is 104 Å². The molecule has 0 heterocycles. The molecule has 0 aromatic heterocycles. The molecule has 0 aliphatic carbocycles. The first-order valence-corrected chi connectivity index (χ1v) is 6.45. The van der Waals surface area contributed by atoms with E-state index in [4.69, 9.17) is 11.6 Å². The molecule has 0 aliphatic rings. The van der Waals surface area contributed by atoms with Gasteiger partial charge in [0.2, 0.25) is 0 Å². The van der Waals surface area contributed by atoms with Gasteiger partial charge in [-0.1, -0.05) is 45.0 Å². The normalized spacial score (nSPS) is 11.8. The van der Waals surface area contributed by atoms with E-state index in [1.807, 2.05) is 0 Å². The van der Waals surface area contributed by atoms with Gasteiger partial charge in [0.25, 0.3) is 0 Å². The van der Waals surface area contributed by atoms with E-state index in [1.54, 1.807) is 0 Å². The fourth-order valence-corrected chi connectivity index (χ4v) is 1.58. The Kier molecular flexibility index (Phi) is 5.30. The van der Waals surface area contributed by atoms with E-state index < -0.39 is 0 Å². The van der Waals surface area contributed by atoms with Gasteiger partial charge in [-0.2, -0.15) is 0 Å². The molecule has 1 nitrogen and oxygen atoms in total. The highest BCUT2D eigenvalue weighted by Gasteiger charge is 2.15. The van der Waals surface area contributed by atoms with Crippen molar-refractivity contribution < 1.29 is 0 Å². The first-order chi connectivity index (χ1) is 7.57. The van der Waals surface area contributed by atoms with Crippen molar-refractivity contribution in [1.82, 2.24) is 5.32 Å². The highest BCUT2D eigenvalue weighted by Crippen LogP contribution is 2.15. The number of benzene rings is 1. The van der Waals surface area contributed by atoms with Crippen LogP contribution in [0.25, 0.3) is 0 Å². The Morgan fingerprint density at radius 2 is 1.69 bits per heavy atom. The lowest BCUT2D eigenvalue weighted by Gasteiger charge is -2.21. The molecule has 1 aromatic rings. The van der Waals surface area contributed by atoms with E-state index in [1.165, 1.54) is 11.1 Å². The van der Waals surface area contributed by atoms with Crippen LogP contribution in [0.5, 0.6) is 0 Å². The fourth-order valence-electron chi connectivity index (χ4n) is 1.49. The quantitative estimate of drug-likeness (QED) is 0.748. The highest BCUT2D eigenvalue weighted by molar-refractivity contribution is 6.18. The van der Waals surface area contributed by atoms with Crippen molar-refractivity contribution in [2.75, 3.05) is 12.4 Å². The van der Waals surface area contributed by atoms with Crippen molar-refractivity contribution in [3.8, 4) is 0 Å². The Morgan fingerprint density at radius 3 is 2.19 bits per heavy atom. The van der Waals surface area contributed by atoms with Crippen molar-refractivity contribution in [3.05, 3.63) is 35.4 Å². The zero-order valence-corrected chi connectivity index (χ0v) is 11.3. The zero-order valence-electron chi connectivity index (χ0n) is 10.5. The van der Waals surface area contributed by atoms with E-state index in [0.29, 0.717) is 5.88 Å². The molecule has 1 rings (SSSR count). The molecule has 0 atom stereocenters. The van der Waals surface area contributed by atoms with Crippen molar-refractivity contribution in [1.29, 1.82) is 0 Å². The second-order valence-electron chi connectivity index (χ2n) is 5.07. The third-order valence-corrected chi connectivity index (χ3v) is 3.45. The largest absolute Gasteiger partial charge is 0.312 e. The molecule has 0 bridgehead atoms. The van der Waals surface area contributed by atoms with E-state index >= 15 is 0 Å². The SMILES string of the molecule is CCc1ccc(CNCC(C)(C)CCl)cc1. The van der Waals surface area contributed by atoms with Crippen LogP contribution in [-0.2, 0) is 13.0 Å². The molecule has 16 heavy (non-hydrogen) atoms. The molecule has 0 radical (unpaired) electrons. The number of alkyl halides is 1. The lowest BCUT2D eigenvalue weighted by Crippen LogP contribution is -2.30. The average Bonchev–Trinajstić information content (AvgIpc) is 2.30. The summed E-state index contributed by atoms with van der Waals surface area (Å²) in [6, 6.07) is 8.78. The van der Waals surface area contributed by atoms with Gasteiger partial charge >= 0.3 is 0 Å². The van der Waals surface area contributed by atoms with Gasteiger partial charge in [0.15, 0.2) is 0 Å².